The molecular formula is C21H36N4O3. The van der Waals surface area contributed by atoms with Gasteiger partial charge in [0.2, 0.25) is 5.91 Å². The summed E-state index contributed by atoms with van der Waals surface area (Å²) < 4.78 is 11.1. The second kappa shape index (κ2) is 13.7. The van der Waals surface area contributed by atoms with E-state index in [4.69, 9.17) is 9.47 Å². The molecule has 0 aromatic heterocycles. The molecule has 0 bridgehead atoms. The van der Waals surface area contributed by atoms with Crippen molar-refractivity contribution in [2.45, 2.75) is 47.1 Å². The second-order valence-corrected chi connectivity index (χ2v) is 6.27. The van der Waals surface area contributed by atoms with Gasteiger partial charge in [-0.15, -0.1) is 0 Å². The smallest absolute Gasteiger partial charge is 0.224 e. The molecule has 158 valence electrons. The summed E-state index contributed by atoms with van der Waals surface area (Å²) in [6.45, 7) is 12.0. The van der Waals surface area contributed by atoms with Crippen molar-refractivity contribution >= 4 is 11.9 Å². The van der Waals surface area contributed by atoms with Gasteiger partial charge in [0, 0.05) is 32.6 Å². The third-order valence-corrected chi connectivity index (χ3v) is 4.20. The van der Waals surface area contributed by atoms with Gasteiger partial charge in [0.15, 0.2) is 17.5 Å². The van der Waals surface area contributed by atoms with Gasteiger partial charge in [-0.1, -0.05) is 13.0 Å². The number of nitrogens with one attached hydrogen (secondary N) is 2. The molecule has 1 aromatic carbocycles. The van der Waals surface area contributed by atoms with Gasteiger partial charge in [-0.25, -0.2) is 4.99 Å². The number of ether oxygens (including phenoxy) is 2. The van der Waals surface area contributed by atoms with Gasteiger partial charge in [0.05, 0.1) is 20.3 Å². The number of nitrogens with zero attached hydrogens (tertiary/aromatic N) is 2. The van der Waals surface area contributed by atoms with E-state index in [1.54, 1.807) is 7.11 Å². The first-order chi connectivity index (χ1) is 13.6. The molecule has 7 nitrogen and oxygen atoms in total. The molecule has 0 unspecified atom stereocenters. The molecule has 28 heavy (non-hydrogen) atoms. The van der Waals surface area contributed by atoms with Crippen molar-refractivity contribution in [1.82, 2.24) is 15.5 Å². The molecule has 0 atom stereocenters. The largest absolute Gasteiger partial charge is 0.493 e. The summed E-state index contributed by atoms with van der Waals surface area (Å²) in [6, 6.07) is 5.86. The average molecular weight is 393 g/mol. The second-order valence-electron chi connectivity index (χ2n) is 6.27. The minimum absolute atomic E-state index is 0.153. The summed E-state index contributed by atoms with van der Waals surface area (Å²) in [5.74, 6) is 2.31. The monoisotopic (exact) mass is 392 g/mol. The number of carbonyl (C=O) groups excluding carboxylic acids is 1. The zero-order chi connectivity index (χ0) is 20.8. The predicted molar refractivity (Wildman–Crippen MR) is 114 cm³/mol. The van der Waals surface area contributed by atoms with Gasteiger partial charge in [-0.3, -0.25) is 4.79 Å². The van der Waals surface area contributed by atoms with Crippen LogP contribution in [0.15, 0.2) is 23.2 Å². The van der Waals surface area contributed by atoms with E-state index >= 15 is 0 Å². The van der Waals surface area contributed by atoms with Crippen LogP contribution in [0.1, 0.15) is 46.1 Å². The molecule has 0 aliphatic carbocycles. The molecule has 0 saturated carbocycles. The third kappa shape index (κ3) is 8.06. The fourth-order valence-electron chi connectivity index (χ4n) is 2.68. The molecule has 1 rings (SSSR count). The predicted octanol–water partition coefficient (Wildman–Crippen LogP) is 2.80. The van der Waals surface area contributed by atoms with E-state index in [1.165, 1.54) is 0 Å². The van der Waals surface area contributed by atoms with E-state index < -0.39 is 0 Å². The number of amides is 1. The van der Waals surface area contributed by atoms with Crippen LogP contribution in [0.3, 0.4) is 0 Å². The Morgan fingerprint density at radius 2 is 1.86 bits per heavy atom. The summed E-state index contributed by atoms with van der Waals surface area (Å²) in [5.41, 5.74) is 1.03. The maximum absolute atomic E-state index is 12.1. The van der Waals surface area contributed by atoms with Crippen LogP contribution in [-0.4, -0.2) is 56.7 Å². The Morgan fingerprint density at radius 1 is 1.11 bits per heavy atom. The molecule has 0 spiro atoms. The van der Waals surface area contributed by atoms with Crippen molar-refractivity contribution in [3.8, 4) is 11.5 Å². The van der Waals surface area contributed by atoms with Crippen molar-refractivity contribution in [1.29, 1.82) is 0 Å². The van der Waals surface area contributed by atoms with Gasteiger partial charge in [0.1, 0.15) is 0 Å². The maximum Gasteiger partial charge on any atom is 0.224 e. The quantitative estimate of drug-likeness (QED) is 0.423. The number of guanidine groups is 1. The van der Waals surface area contributed by atoms with Crippen LogP contribution in [0.2, 0.25) is 0 Å². The molecule has 1 amide bonds. The summed E-state index contributed by atoms with van der Waals surface area (Å²) in [5, 5.41) is 6.44. The first-order valence-corrected chi connectivity index (χ1v) is 10.2. The highest BCUT2D eigenvalue weighted by Crippen LogP contribution is 2.28. The van der Waals surface area contributed by atoms with Crippen molar-refractivity contribution < 1.29 is 14.3 Å². The third-order valence-electron chi connectivity index (χ3n) is 4.20. The molecule has 2 N–H and O–H groups in total. The van der Waals surface area contributed by atoms with Crippen molar-refractivity contribution in [2.75, 3.05) is 39.9 Å². The van der Waals surface area contributed by atoms with Gasteiger partial charge in [0.25, 0.3) is 0 Å². The zero-order valence-electron chi connectivity index (χ0n) is 18.0. The first kappa shape index (κ1) is 23.6. The lowest BCUT2D eigenvalue weighted by Crippen LogP contribution is -2.40. The van der Waals surface area contributed by atoms with E-state index in [9.17, 15) is 4.79 Å². The molecule has 0 fully saturated rings. The number of hydrogen-bond donors (Lipinski definition) is 2. The first-order valence-electron chi connectivity index (χ1n) is 10.2. The Balaban J connectivity index is 2.67. The van der Waals surface area contributed by atoms with Crippen molar-refractivity contribution in [3.63, 3.8) is 0 Å². The Morgan fingerprint density at radius 3 is 2.46 bits per heavy atom. The van der Waals surface area contributed by atoms with Crippen LogP contribution in [0.4, 0.5) is 0 Å². The molecule has 1 aromatic rings. The Hall–Kier alpha value is -2.44. The molecule has 0 radical (unpaired) electrons. The lowest BCUT2D eigenvalue weighted by Gasteiger charge is -2.19. The van der Waals surface area contributed by atoms with Crippen LogP contribution in [0.25, 0.3) is 0 Å². The number of rotatable bonds is 12. The molecule has 0 aliphatic rings. The molecule has 0 heterocycles. The maximum atomic E-state index is 12.1. The van der Waals surface area contributed by atoms with Crippen LogP contribution in [0.5, 0.6) is 11.5 Å². The minimum Gasteiger partial charge on any atom is -0.493 e. The van der Waals surface area contributed by atoms with Crippen LogP contribution in [-0.2, 0) is 11.3 Å². The Bertz CT molecular complexity index is 616. The van der Waals surface area contributed by atoms with Crippen LogP contribution in [0, 0.1) is 0 Å². The van der Waals surface area contributed by atoms with Gasteiger partial charge < -0.3 is 25.0 Å². The fraction of sp³-hybridized carbons (Fsp3) is 0.619. The summed E-state index contributed by atoms with van der Waals surface area (Å²) >= 11 is 0. The molecule has 7 heteroatoms. The van der Waals surface area contributed by atoms with E-state index in [2.05, 4.69) is 22.5 Å². The molecular weight excluding hydrogens is 356 g/mol. The fourth-order valence-corrected chi connectivity index (χ4v) is 2.68. The number of carbonyl (C=O) groups is 1. The minimum atomic E-state index is 0.153. The summed E-state index contributed by atoms with van der Waals surface area (Å²) in [7, 11) is 1.64. The Labute approximate surface area is 169 Å². The summed E-state index contributed by atoms with van der Waals surface area (Å²) in [4.78, 5) is 18.5. The van der Waals surface area contributed by atoms with Crippen molar-refractivity contribution in [2.24, 2.45) is 4.99 Å². The zero-order valence-corrected chi connectivity index (χ0v) is 18.0. The number of hydrogen-bond acceptors (Lipinski definition) is 4. The van der Waals surface area contributed by atoms with E-state index in [1.807, 2.05) is 43.9 Å². The van der Waals surface area contributed by atoms with E-state index in [-0.39, 0.29) is 5.91 Å². The summed E-state index contributed by atoms with van der Waals surface area (Å²) in [6.07, 6.45) is 1.40. The lowest BCUT2D eigenvalue weighted by molar-refractivity contribution is -0.130. The van der Waals surface area contributed by atoms with Crippen LogP contribution < -0.4 is 20.1 Å². The highest BCUT2D eigenvalue weighted by Gasteiger charge is 2.09. The number of methoxy groups -OCH3 is 1. The van der Waals surface area contributed by atoms with Gasteiger partial charge in [-0.2, -0.15) is 0 Å². The molecule has 0 aliphatic heterocycles. The SMILES string of the molecule is CCCOc1ccc(CN=C(NCC)NCCC(=O)N(CC)CC)cc1OC. The topological polar surface area (TPSA) is 75.2 Å². The normalized spacial score (nSPS) is 11.1. The van der Waals surface area contributed by atoms with E-state index in [0.717, 1.165) is 37.4 Å². The standard InChI is InChI=1S/C21H36N4O3/c1-6-14-28-18-11-10-17(15-19(18)27-5)16-24-21(22-7-2)23-13-12-20(26)25(8-3)9-4/h10-11,15H,6-9,12-14,16H2,1-5H3,(H2,22,23,24). The highest BCUT2D eigenvalue weighted by atomic mass is 16.5. The van der Waals surface area contributed by atoms with Crippen molar-refractivity contribution in [3.05, 3.63) is 23.8 Å². The Kier molecular flexibility index (Phi) is 11.5. The number of aliphatic imine (C=N–C) groups is 1. The highest BCUT2D eigenvalue weighted by molar-refractivity contribution is 5.81. The average Bonchev–Trinajstić information content (AvgIpc) is 2.71. The lowest BCUT2D eigenvalue weighted by atomic mass is 10.2. The molecule has 0 saturated heterocycles. The van der Waals surface area contributed by atoms with Gasteiger partial charge in [-0.05, 0) is 44.9 Å². The van der Waals surface area contributed by atoms with Gasteiger partial charge >= 0.3 is 0 Å². The van der Waals surface area contributed by atoms with Crippen LogP contribution >= 0.6 is 0 Å². The van der Waals surface area contributed by atoms with E-state index in [0.29, 0.717) is 37.8 Å². The number of benzene rings is 1.